The fourth-order valence-corrected chi connectivity index (χ4v) is 2.78. The van der Waals surface area contributed by atoms with Crippen LogP contribution in [0.3, 0.4) is 0 Å². The standard InChI is InChI=1S/C15H24N2O2/c1-16-10-14-15(17(2)8-9-19-14)13-7-5-4-6-12(13)11-18-3/h4-7,14-16H,8-11H2,1-3H3. The molecular weight excluding hydrogens is 240 g/mol. The lowest BCUT2D eigenvalue weighted by Gasteiger charge is -2.40. The minimum absolute atomic E-state index is 0.182. The van der Waals surface area contributed by atoms with Gasteiger partial charge >= 0.3 is 0 Å². The molecule has 2 atom stereocenters. The first-order chi connectivity index (χ1) is 9.27. The van der Waals surface area contributed by atoms with Gasteiger partial charge < -0.3 is 14.8 Å². The molecule has 1 aromatic rings. The molecule has 1 aliphatic rings. The number of morpholine rings is 1. The van der Waals surface area contributed by atoms with Gasteiger partial charge in [-0.3, -0.25) is 4.90 Å². The van der Waals surface area contributed by atoms with E-state index >= 15 is 0 Å². The van der Waals surface area contributed by atoms with Crippen LogP contribution >= 0.6 is 0 Å². The fraction of sp³-hybridized carbons (Fsp3) is 0.600. The predicted molar refractivity (Wildman–Crippen MR) is 76.2 cm³/mol. The van der Waals surface area contributed by atoms with E-state index in [9.17, 15) is 0 Å². The largest absolute Gasteiger partial charge is 0.380 e. The summed E-state index contributed by atoms with van der Waals surface area (Å²) in [6, 6.07) is 8.76. The minimum atomic E-state index is 0.182. The Morgan fingerprint density at radius 3 is 2.95 bits per heavy atom. The number of benzene rings is 1. The normalized spacial score (nSPS) is 24.6. The van der Waals surface area contributed by atoms with Crippen molar-refractivity contribution in [3.63, 3.8) is 0 Å². The van der Waals surface area contributed by atoms with Crippen LogP contribution in [0.5, 0.6) is 0 Å². The summed E-state index contributed by atoms with van der Waals surface area (Å²) in [5.41, 5.74) is 2.56. The van der Waals surface area contributed by atoms with Gasteiger partial charge in [0.15, 0.2) is 0 Å². The summed E-state index contributed by atoms with van der Waals surface area (Å²) in [6.07, 6.45) is 0.182. The molecule has 0 radical (unpaired) electrons. The highest BCUT2D eigenvalue weighted by molar-refractivity contribution is 5.31. The molecule has 1 aromatic carbocycles. The molecular formula is C15H24N2O2. The highest BCUT2D eigenvalue weighted by Gasteiger charge is 2.32. The summed E-state index contributed by atoms with van der Waals surface area (Å²) in [5.74, 6) is 0. The van der Waals surface area contributed by atoms with E-state index in [0.717, 1.165) is 19.7 Å². The van der Waals surface area contributed by atoms with E-state index in [1.165, 1.54) is 11.1 Å². The zero-order valence-electron chi connectivity index (χ0n) is 12.1. The molecule has 1 fully saturated rings. The Bertz CT molecular complexity index is 395. The lowest BCUT2D eigenvalue weighted by atomic mass is 9.94. The van der Waals surface area contributed by atoms with Crippen molar-refractivity contribution in [2.75, 3.05) is 40.9 Å². The van der Waals surface area contributed by atoms with Crippen LogP contribution in [-0.4, -0.2) is 51.9 Å². The van der Waals surface area contributed by atoms with Gasteiger partial charge in [0.2, 0.25) is 0 Å². The summed E-state index contributed by atoms with van der Waals surface area (Å²) >= 11 is 0. The minimum Gasteiger partial charge on any atom is -0.380 e. The molecule has 19 heavy (non-hydrogen) atoms. The molecule has 2 unspecified atom stereocenters. The fourth-order valence-electron chi connectivity index (χ4n) is 2.78. The van der Waals surface area contributed by atoms with Crippen LogP contribution in [-0.2, 0) is 16.1 Å². The van der Waals surface area contributed by atoms with Gasteiger partial charge in [0.1, 0.15) is 0 Å². The third kappa shape index (κ3) is 3.34. The van der Waals surface area contributed by atoms with Crippen molar-refractivity contribution in [3.05, 3.63) is 35.4 Å². The number of likely N-dealkylation sites (N-methyl/N-ethyl adjacent to an activating group) is 2. The second kappa shape index (κ2) is 7.01. The number of ether oxygens (including phenoxy) is 2. The van der Waals surface area contributed by atoms with Gasteiger partial charge in [-0.05, 0) is 25.2 Å². The Kier molecular flexibility index (Phi) is 5.34. The van der Waals surface area contributed by atoms with Crippen molar-refractivity contribution in [2.45, 2.75) is 18.8 Å². The van der Waals surface area contributed by atoms with Crippen LogP contribution in [0.2, 0.25) is 0 Å². The topological polar surface area (TPSA) is 33.7 Å². The van der Waals surface area contributed by atoms with E-state index < -0.39 is 0 Å². The van der Waals surface area contributed by atoms with E-state index in [-0.39, 0.29) is 12.1 Å². The van der Waals surface area contributed by atoms with E-state index in [1.807, 2.05) is 7.05 Å². The van der Waals surface area contributed by atoms with Gasteiger partial charge in [0.25, 0.3) is 0 Å². The lowest BCUT2D eigenvalue weighted by molar-refractivity contribution is -0.0612. The number of methoxy groups -OCH3 is 1. The molecule has 106 valence electrons. The monoisotopic (exact) mass is 264 g/mol. The molecule has 0 aromatic heterocycles. The number of hydrogen-bond donors (Lipinski definition) is 1. The second-order valence-corrected chi connectivity index (χ2v) is 5.02. The van der Waals surface area contributed by atoms with Crippen LogP contribution in [0, 0.1) is 0 Å². The smallest absolute Gasteiger partial charge is 0.0896 e. The maximum Gasteiger partial charge on any atom is 0.0896 e. The Morgan fingerprint density at radius 2 is 2.21 bits per heavy atom. The van der Waals surface area contributed by atoms with Crippen LogP contribution in [0.4, 0.5) is 0 Å². The summed E-state index contributed by atoms with van der Waals surface area (Å²) in [5, 5.41) is 3.23. The second-order valence-electron chi connectivity index (χ2n) is 5.02. The molecule has 0 amide bonds. The number of nitrogens with one attached hydrogen (secondary N) is 1. The Hall–Kier alpha value is -0.940. The molecule has 1 aliphatic heterocycles. The van der Waals surface area contributed by atoms with Gasteiger partial charge in [-0.2, -0.15) is 0 Å². The first-order valence-corrected chi connectivity index (χ1v) is 6.81. The van der Waals surface area contributed by atoms with Crippen LogP contribution in [0.1, 0.15) is 17.2 Å². The Balaban J connectivity index is 2.29. The zero-order valence-corrected chi connectivity index (χ0v) is 12.1. The molecule has 2 rings (SSSR count). The van der Waals surface area contributed by atoms with E-state index in [1.54, 1.807) is 7.11 Å². The number of rotatable bonds is 5. The molecule has 1 heterocycles. The van der Waals surface area contributed by atoms with Gasteiger partial charge in [0.05, 0.1) is 25.4 Å². The van der Waals surface area contributed by atoms with Crippen molar-refractivity contribution < 1.29 is 9.47 Å². The molecule has 0 aliphatic carbocycles. The van der Waals surface area contributed by atoms with Crippen molar-refractivity contribution in [2.24, 2.45) is 0 Å². The highest BCUT2D eigenvalue weighted by Crippen LogP contribution is 2.30. The van der Waals surface area contributed by atoms with Gasteiger partial charge in [-0.25, -0.2) is 0 Å². The molecule has 1 saturated heterocycles. The molecule has 4 nitrogen and oxygen atoms in total. The molecule has 1 N–H and O–H groups in total. The highest BCUT2D eigenvalue weighted by atomic mass is 16.5. The van der Waals surface area contributed by atoms with Crippen molar-refractivity contribution >= 4 is 0 Å². The summed E-state index contributed by atoms with van der Waals surface area (Å²) in [7, 11) is 5.87. The quantitative estimate of drug-likeness (QED) is 0.872. The predicted octanol–water partition coefficient (Wildman–Crippen LogP) is 1.42. The van der Waals surface area contributed by atoms with E-state index in [0.29, 0.717) is 6.61 Å². The summed E-state index contributed by atoms with van der Waals surface area (Å²) in [6.45, 7) is 3.26. The third-order valence-corrected chi connectivity index (χ3v) is 3.68. The summed E-state index contributed by atoms with van der Waals surface area (Å²) < 4.78 is 11.3. The van der Waals surface area contributed by atoms with Crippen molar-refractivity contribution in [3.8, 4) is 0 Å². The number of nitrogens with zero attached hydrogens (tertiary/aromatic N) is 1. The van der Waals surface area contributed by atoms with Gasteiger partial charge in [-0.1, -0.05) is 24.3 Å². The lowest BCUT2D eigenvalue weighted by Crippen LogP contribution is -2.47. The third-order valence-electron chi connectivity index (χ3n) is 3.68. The average Bonchev–Trinajstić information content (AvgIpc) is 2.41. The first-order valence-electron chi connectivity index (χ1n) is 6.81. The van der Waals surface area contributed by atoms with Crippen molar-refractivity contribution in [1.29, 1.82) is 0 Å². The number of hydrogen-bond acceptors (Lipinski definition) is 4. The van der Waals surface area contributed by atoms with E-state index in [2.05, 4.69) is 41.5 Å². The molecule has 0 saturated carbocycles. The Labute approximate surface area is 115 Å². The van der Waals surface area contributed by atoms with Gasteiger partial charge in [-0.15, -0.1) is 0 Å². The van der Waals surface area contributed by atoms with E-state index in [4.69, 9.17) is 9.47 Å². The Morgan fingerprint density at radius 1 is 1.42 bits per heavy atom. The zero-order chi connectivity index (χ0) is 13.7. The maximum absolute atomic E-state index is 5.94. The first kappa shape index (κ1) is 14.5. The van der Waals surface area contributed by atoms with Crippen LogP contribution in [0.15, 0.2) is 24.3 Å². The molecule has 0 spiro atoms. The summed E-state index contributed by atoms with van der Waals surface area (Å²) in [4.78, 5) is 2.38. The SMILES string of the molecule is CNCC1OCCN(C)C1c1ccccc1COC. The van der Waals surface area contributed by atoms with Crippen LogP contribution in [0.25, 0.3) is 0 Å². The molecule has 0 bridgehead atoms. The van der Waals surface area contributed by atoms with Gasteiger partial charge in [0, 0.05) is 20.2 Å². The maximum atomic E-state index is 5.94. The van der Waals surface area contributed by atoms with Crippen LogP contribution < -0.4 is 5.32 Å². The van der Waals surface area contributed by atoms with Crippen molar-refractivity contribution in [1.82, 2.24) is 10.2 Å². The molecule has 4 heteroatoms. The average molecular weight is 264 g/mol.